The number of rotatable bonds is 5. The Kier molecular flexibility index (Phi) is 4.02. The van der Waals surface area contributed by atoms with Gasteiger partial charge in [0.25, 0.3) is 5.56 Å². The van der Waals surface area contributed by atoms with E-state index in [-0.39, 0.29) is 11.3 Å². The molecule has 2 aromatic rings. The Labute approximate surface area is 110 Å². The summed E-state index contributed by atoms with van der Waals surface area (Å²) in [5, 5.41) is 3.06. The molecule has 2 rings (SSSR count). The molecule has 0 atom stereocenters. The molecule has 6 nitrogen and oxygen atoms in total. The topological polar surface area (TPSA) is 76.2 Å². The van der Waals surface area contributed by atoms with Gasteiger partial charge in [-0.15, -0.1) is 0 Å². The summed E-state index contributed by atoms with van der Waals surface area (Å²) in [7, 11) is 3.06. The van der Waals surface area contributed by atoms with Gasteiger partial charge in [0.15, 0.2) is 5.82 Å². The zero-order valence-electron chi connectivity index (χ0n) is 10.8. The Morgan fingerprint density at radius 1 is 1.21 bits per heavy atom. The molecule has 1 aromatic heterocycles. The quantitative estimate of drug-likeness (QED) is 0.850. The van der Waals surface area contributed by atoms with Gasteiger partial charge in [-0.2, -0.15) is 0 Å². The molecule has 0 bridgehead atoms. The smallest absolute Gasteiger partial charge is 0.295 e. The van der Waals surface area contributed by atoms with Crippen molar-refractivity contribution in [3.05, 3.63) is 46.5 Å². The Morgan fingerprint density at radius 3 is 2.58 bits per heavy atom. The minimum atomic E-state index is -0.310. The maximum Gasteiger partial charge on any atom is 0.295 e. The molecule has 0 fully saturated rings. The number of hydrogen-bond acceptors (Lipinski definition) is 5. The van der Waals surface area contributed by atoms with Crippen molar-refractivity contribution in [1.82, 2.24) is 9.97 Å². The summed E-state index contributed by atoms with van der Waals surface area (Å²) in [5.41, 5.74) is 0.736. The highest BCUT2D eigenvalue weighted by atomic mass is 16.5. The molecule has 0 radical (unpaired) electrons. The fourth-order valence-corrected chi connectivity index (χ4v) is 1.63. The molecule has 100 valence electrons. The minimum Gasteiger partial charge on any atom is -0.497 e. The van der Waals surface area contributed by atoms with Gasteiger partial charge in [-0.1, -0.05) is 12.1 Å². The molecule has 0 saturated carbocycles. The van der Waals surface area contributed by atoms with Gasteiger partial charge in [-0.25, -0.2) is 4.98 Å². The lowest BCUT2D eigenvalue weighted by Crippen LogP contribution is -2.14. The molecule has 0 aliphatic rings. The number of hydrogen-bond donors (Lipinski definition) is 2. The highest BCUT2D eigenvalue weighted by Crippen LogP contribution is 2.16. The second kappa shape index (κ2) is 5.90. The summed E-state index contributed by atoms with van der Waals surface area (Å²) >= 11 is 0. The van der Waals surface area contributed by atoms with E-state index < -0.39 is 0 Å². The van der Waals surface area contributed by atoms with Gasteiger partial charge in [0.2, 0.25) is 5.75 Å². The van der Waals surface area contributed by atoms with Crippen LogP contribution in [-0.2, 0) is 6.54 Å². The molecular weight excluding hydrogens is 246 g/mol. The number of aromatic nitrogens is 2. The molecule has 19 heavy (non-hydrogen) atoms. The number of nitrogens with one attached hydrogen (secondary N) is 2. The van der Waals surface area contributed by atoms with Crippen LogP contribution in [0.15, 0.2) is 35.4 Å². The van der Waals surface area contributed by atoms with Crippen molar-refractivity contribution in [3.8, 4) is 11.5 Å². The van der Waals surface area contributed by atoms with Crippen LogP contribution in [-0.4, -0.2) is 24.2 Å². The highest BCUT2D eigenvalue weighted by Gasteiger charge is 2.08. The van der Waals surface area contributed by atoms with Gasteiger partial charge in [0.1, 0.15) is 5.75 Å². The lowest BCUT2D eigenvalue weighted by Gasteiger charge is -2.09. The Hall–Kier alpha value is -2.50. The molecule has 0 amide bonds. The third-order valence-corrected chi connectivity index (χ3v) is 2.63. The molecule has 0 aliphatic heterocycles. The number of nitrogens with zero attached hydrogens (tertiary/aromatic N) is 1. The summed E-state index contributed by atoms with van der Waals surface area (Å²) in [4.78, 5) is 18.0. The van der Waals surface area contributed by atoms with E-state index in [1.807, 2.05) is 24.3 Å². The van der Waals surface area contributed by atoms with Crippen molar-refractivity contribution < 1.29 is 9.47 Å². The number of aromatic amines is 1. The molecular formula is C13H15N3O3. The van der Waals surface area contributed by atoms with E-state index in [9.17, 15) is 4.79 Å². The Morgan fingerprint density at radius 2 is 1.95 bits per heavy atom. The average Bonchev–Trinajstić information content (AvgIpc) is 2.45. The maximum absolute atomic E-state index is 11.5. The zero-order chi connectivity index (χ0) is 13.7. The summed E-state index contributed by atoms with van der Waals surface area (Å²) in [6.45, 7) is 0.538. The molecule has 0 aliphatic carbocycles. The van der Waals surface area contributed by atoms with Crippen LogP contribution < -0.4 is 20.3 Å². The van der Waals surface area contributed by atoms with Crippen LogP contribution in [0.25, 0.3) is 0 Å². The van der Waals surface area contributed by atoms with Crippen LogP contribution in [0.5, 0.6) is 11.5 Å². The molecule has 0 saturated heterocycles. The normalized spacial score (nSPS) is 10.0. The number of anilines is 1. The first-order valence-corrected chi connectivity index (χ1v) is 5.73. The van der Waals surface area contributed by atoms with Crippen molar-refractivity contribution in [1.29, 1.82) is 0 Å². The first-order chi connectivity index (χ1) is 9.24. The van der Waals surface area contributed by atoms with E-state index in [1.165, 1.54) is 13.4 Å². The zero-order valence-corrected chi connectivity index (χ0v) is 10.8. The fraction of sp³-hybridized carbons (Fsp3) is 0.231. The lowest BCUT2D eigenvalue weighted by atomic mass is 10.2. The van der Waals surface area contributed by atoms with Gasteiger partial charge in [0, 0.05) is 6.54 Å². The van der Waals surface area contributed by atoms with Gasteiger partial charge in [-0.05, 0) is 17.7 Å². The second-order valence-corrected chi connectivity index (χ2v) is 3.82. The highest BCUT2D eigenvalue weighted by molar-refractivity contribution is 5.48. The van der Waals surface area contributed by atoms with Crippen LogP contribution >= 0.6 is 0 Å². The fourth-order valence-electron chi connectivity index (χ4n) is 1.63. The first-order valence-electron chi connectivity index (χ1n) is 5.73. The summed E-state index contributed by atoms with van der Waals surface area (Å²) in [5.74, 6) is 1.40. The summed E-state index contributed by atoms with van der Waals surface area (Å²) in [6.07, 6.45) is 1.33. The SMILES string of the molecule is COc1ccc(CNc2nc[nH]c(=O)c2OC)cc1. The lowest BCUT2D eigenvalue weighted by molar-refractivity contribution is 0.408. The van der Waals surface area contributed by atoms with Crippen LogP contribution in [0.3, 0.4) is 0 Å². The van der Waals surface area contributed by atoms with Crippen LogP contribution in [0.1, 0.15) is 5.56 Å². The molecule has 0 spiro atoms. The predicted octanol–water partition coefficient (Wildman–Crippen LogP) is 1.40. The van der Waals surface area contributed by atoms with Gasteiger partial charge in [-0.3, -0.25) is 4.79 Å². The third kappa shape index (κ3) is 3.04. The molecule has 2 N–H and O–H groups in total. The van der Waals surface area contributed by atoms with Crippen molar-refractivity contribution in [2.75, 3.05) is 19.5 Å². The summed E-state index contributed by atoms with van der Waals surface area (Å²) < 4.78 is 10.1. The average molecular weight is 261 g/mol. The predicted molar refractivity (Wildman–Crippen MR) is 71.7 cm³/mol. The second-order valence-electron chi connectivity index (χ2n) is 3.82. The monoisotopic (exact) mass is 261 g/mol. The van der Waals surface area contributed by atoms with Crippen molar-refractivity contribution in [2.24, 2.45) is 0 Å². The van der Waals surface area contributed by atoms with Crippen molar-refractivity contribution >= 4 is 5.82 Å². The standard InChI is InChI=1S/C13H15N3O3/c1-18-10-5-3-9(4-6-10)7-14-12-11(19-2)13(17)16-8-15-12/h3-6,8H,7H2,1-2H3,(H2,14,15,16,17). The largest absolute Gasteiger partial charge is 0.497 e. The van der Waals surface area contributed by atoms with Crippen LogP contribution in [0.4, 0.5) is 5.82 Å². The minimum absolute atomic E-state index is 0.177. The summed E-state index contributed by atoms with van der Waals surface area (Å²) in [6, 6.07) is 7.62. The van der Waals surface area contributed by atoms with Gasteiger partial charge in [0.05, 0.1) is 20.5 Å². The number of benzene rings is 1. The third-order valence-electron chi connectivity index (χ3n) is 2.63. The molecule has 1 heterocycles. The first kappa shape index (κ1) is 12.9. The van der Waals surface area contributed by atoms with Gasteiger partial charge >= 0.3 is 0 Å². The van der Waals surface area contributed by atoms with E-state index in [0.29, 0.717) is 12.4 Å². The number of ether oxygens (including phenoxy) is 2. The number of H-pyrrole nitrogens is 1. The molecule has 0 unspecified atom stereocenters. The number of methoxy groups -OCH3 is 2. The van der Waals surface area contributed by atoms with Gasteiger partial charge < -0.3 is 19.8 Å². The van der Waals surface area contributed by atoms with E-state index in [2.05, 4.69) is 15.3 Å². The Balaban J connectivity index is 2.09. The van der Waals surface area contributed by atoms with Crippen LogP contribution in [0, 0.1) is 0 Å². The van der Waals surface area contributed by atoms with E-state index in [4.69, 9.17) is 9.47 Å². The molecule has 1 aromatic carbocycles. The Bertz CT molecular complexity index is 593. The van der Waals surface area contributed by atoms with Crippen molar-refractivity contribution in [3.63, 3.8) is 0 Å². The molecule has 6 heteroatoms. The van der Waals surface area contributed by atoms with Crippen LogP contribution in [0.2, 0.25) is 0 Å². The van der Waals surface area contributed by atoms with E-state index in [0.717, 1.165) is 11.3 Å². The van der Waals surface area contributed by atoms with E-state index in [1.54, 1.807) is 7.11 Å². The maximum atomic E-state index is 11.5. The van der Waals surface area contributed by atoms with E-state index >= 15 is 0 Å². The van der Waals surface area contributed by atoms with Crippen molar-refractivity contribution in [2.45, 2.75) is 6.54 Å².